The van der Waals surface area contributed by atoms with E-state index in [2.05, 4.69) is 31.3 Å². The highest BCUT2D eigenvalue weighted by atomic mass is 79.9. The number of carbonyl (C=O) groups excluding carboxylic acids is 1. The molecule has 1 N–H and O–H groups in total. The fourth-order valence-corrected chi connectivity index (χ4v) is 2.54. The van der Waals surface area contributed by atoms with E-state index in [1.165, 1.54) is 0 Å². The molecule has 1 aromatic carbocycles. The maximum absolute atomic E-state index is 12.2. The molecule has 1 amide bonds. The van der Waals surface area contributed by atoms with Crippen molar-refractivity contribution >= 4 is 21.8 Å². The lowest BCUT2D eigenvalue weighted by atomic mass is 10.3. The highest BCUT2D eigenvalue weighted by molar-refractivity contribution is 9.10. The molecule has 7 heteroatoms. The minimum absolute atomic E-state index is 0.230. The van der Waals surface area contributed by atoms with Crippen molar-refractivity contribution in [1.82, 2.24) is 20.1 Å². The zero-order valence-electron chi connectivity index (χ0n) is 13.6. The van der Waals surface area contributed by atoms with Gasteiger partial charge < -0.3 is 10.1 Å². The van der Waals surface area contributed by atoms with E-state index < -0.39 is 6.10 Å². The summed E-state index contributed by atoms with van der Waals surface area (Å²) in [5.41, 5.74) is 1.70. The number of hydrogen-bond acceptors (Lipinski definition) is 4. The van der Waals surface area contributed by atoms with Crippen molar-refractivity contribution in [2.45, 2.75) is 19.6 Å². The van der Waals surface area contributed by atoms with E-state index in [1.54, 1.807) is 24.0 Å². The average molecular weight is 401 g/mol. The molecule has 128 valence electrons. The Morgan fingerprint density at radius 3 is 2.72 bits per heavy atom. The summed E-state index contributed by atoms with van der Waals surface area (Å²) in [4.78, 5) is 16.4. The molecule has 3 rings (SSSR count). The minimum atomic E-state index is -0.681. The monoisotopic (exact) mass is 400 g/mol. The lowest BCUT2D eigenvalue weighted by Gasteiger charge is -2.13. The van der Waals surface area contributed by atoms with Crippen LogP contribution in [0.3, 0.4) is 0 Å². The van der Waals surface area contributed by atoms with Gasteiger partial charge >= 0.3 is 0 Å². The van der Waals surface area contributed by atoms with E-state index in [9.17, 15) is 4.79 Å². The highest BCUT2D eigenvalue weighted by Gasteiger charge is 2.18. The Kier molecular flexibility index (Phi) is 5.45. The number of carbonyl (C=O) groups is 1. The minimum Gasteiger partial charge on any atom is -0.463 e. The van der Waals surface area contributed by atoms with Gasteiger partial charge in [-0.3, -0.25) is 9.78 Å². The molecule has 0 bridgehead atoms. The molecular formula is C18H17BrN4O2. The summed E-state index contributed by atoms with van der Waals surface area (Å²) >= 11 is 3.42. The summed E-state index contributed by atoms with van der Waals surface area (Å²) in [6.07, 6.45) is 2.80. The molecular weight excluding hydrogens is 384 g/mol. The molecule has 6 nitrogen and oxygen atoms in total. The summed E-state index contributed by atoms with van der Waals surface area (Å²) in [5.74, 6) is 0.135. The van der Waals surface area contributed by atoms with Crippen LogP contribution in [0.15, 0.2) is 65.4 Å². The highest BCUT2D eigenvalue weighted by Crippen LogP contribution is 2.25. The van der Waals surface area contributed by atoms with Gasteiger partial charge in [-0.15, -0.1) is 5.10 Å². The van der Waals surface area contributed by atoms with Crippen LogP contribution in [0.1, 0.15) is 12.6 Å². The van der Waals surface area contributed by atoms with E-state index in [0.29, 0.717) is 16.9 Å². The Bertz CT molecular complexity index is 837. The maximum Gasteiger partial charge on any atom is 0.261 e. The summed E-state index contributed by atoms with van der Waals surface area (Å²) in [7, 11) is 0. The molecule has 2 aromatic heterocycles. The van der Waals surface area contributed by atoms with Gasteiger partial charge in [0.05, 0.1) is 22.4 Å². The second-order valence-corrected chi connectivity index (χ2v) is 6.22. The number of para-hydroxylation sites is 1. The molecule has 0 unspecified atom stereocenters. The molecule has 1 atom stereocenters. The number of amides is 1. The topological polar surface area (TPSA) is 69.0 Å². The van der Waals surface area contributed by atoms with Gasteiger partial charge in [-0.1, -0.05) is 24.3 Å². The average Bonchev–Trinajstić information content (AvgIpc) is 3.02. The third-order valence-corrected chi connectivity index (χ3v) is 4.03. The number of ether oxygens (including phenoxy) is 1. The van der Waals surface area contributed by atoms with Gasteiger partial charge in [-0.2, -0.15) is 0 Å². The molecule has 0 spiro atoms. The van der Waals surface area contributed by atoms with Crippen LogP contribution < -0.4 is 10.1 Å². The van der Waals surface area contributed by atoms with Gasteiger partial charge in [0, 0.05) is 12.4 Å². The first-order valence-electron chi connectivity index (χ1n) is 7.78. The van der Waals surface area contributed by atoms with E-state index in [4.69, 9.17) is 4.74 Å². The molecule has 25 heavy (non-hydrogen) atoms. The van der Waals surface area contributed by atoms with Gasteiger partial charge in [0.2, 0.25) is 5.88 Å². The molecule has 0 aliphatic rings. The standard InChI is InChI=1S/C18H17BrN4O2/c1-13(17(24)21-11-14-7-5-6-10-20-14)25-18-16(19)12-23(22-18)15-8-3-2-4-9-15/h2-10,12-13H,11H2,1H3,(H,21,24)/t13-/m1/s1. The van der Waals surface area contributed by atoms with Crippen molar-refractivity contribution in [3.8, 4) is 11.6 Å². The second kappa shape index (κ2) is 7.94. The number of benzene rings is 1. The summed E-state index contributed by atoms with van der Waals surface area (Å²) in [6.45, 7) is 2.04. The number of pyridine rings is 1. The predicted octanol–water partition coefficient (Wildman–Crippen LogP) is 3.11. The second-order valence-electron chi connectivity index (χ2n) is 5.36. The number of aromatic nitrogens is 3. The molecule has 3 aromatic rings. The molecule has 2 heterocycles. The zero-order valence-corrected chi connectivity index (χ0v) is 15.2. The van der Waals surface area contributed by atoms with Crippen LogP contribution in [-0.4, -0.2) is 26.8 Å². The van der Waals surface area contributed by atoms with Gasteiger partial charge in [-0.05, 0) is 47.1 Å². The van der Waals surface area contributed by atoms with Gasteiger partial charge in [0.25, 0.3) is 5.91 Å². The van der Waals surface area contributed by atoms with Crippen molar-refractivity contribution < 1.29 is 9.53 Å². The van der Waals surface area contributed by atoms with Gasteiger partial charge in [-0.25, -0.2) is 4.68 Å². The summed E-state index contributed by atoms with van der Waals surface area (Å²) in [6, 6.07) is 15.2. The van der Waals surface area contributed by atoms with E-state index in [1.807, 2.05) is 48.5 Å². The van der Waals surface area contributed by atoms with Crippen LogP contribution in [0.4, 0.5) is 0 Å². The number of rotatable bonds is 6. The fraction of sp³-hybridized carbons (Fsp3) is 0.167. The first kappa shape index (κ1) is 17.2. The molecule has 0 fully saturated rings. The van der Waals surface area contributed by atoms with Gasteiger partial charge in [0.1, 0.15) is 0 Å². The number of nitrogens with zero attached hydrogens (tertiary/aromatic N) is 3. The molecule has 0 saturated heterocycles. The quantitative estimate of drug-likeness (QED) is 0.689. The largest absolute Gasteiger partial charge is 0.463 e. The van der Waals surface area contributed by atoms with Crippen LogP contribution in [0.2, 0.25) is 0 Å². The first-order valence-corrected chi connectivity index (χ1v) is 8.57. The number of halogens is 1. The Labute approximate surface area is 154 Å². The van der Waals surface area contributed by atoms with Crippen LogP contribution in [0.5, 0.6) is 5.88 Å². The van der Waals surface area contributed by atoms with Crippen LogP contribution in [0, 0.1) is 0 Å². The first-order chi connectivity index (χ1) is 12.1. The molecule has 0 aliphatic heterocycles. The van der Waals surface area contributed by atoms with Gasteiger partial charge in [0.15, 0.2) is 6.10 Å². The smallest absolute Gasteiger partial charge is 0.261 e. The molecule has 0 saturated carbocycles. The number of nitrogens with one attached hydrogen (secondary N) is 1. The van der Waals surface area contributed by atoms with Crippen molar-refractivity contribution in [3.05, 3.63) is 71.1 Å². The third-order valence-electron chi connectivity index (χ3n) is 3.49. The van der Waals surface area contributed by atoms with Crippen LogP contribution in [0.25, 0.3) is 5.69 Å². The Morgan fingerprint density at radius 1 is 1.24 bits per heavy atom. The molecule has 0 aliphatic carbocycles. The van der Waals surface area contributed by atoms with E-state index in [-0.39, 0.29) is 5.91 Å². The SMILES string of the molecule is C[C@@H](Oc1nn(-c2ccccc2)cc1Br)C(=O)NCc1ccccn1. The Balaban J connectivity index is 1.61. The van der Waals surface area contributed by atoms with E-state index in [0.717, 1.165) is 11.4 Å². The lowest BCUT2D eigenvalue weighted by Crippen LogP contribution is -2.36. The summed E-state index contributed by atoms with van der Waals surface area (Å²) < 4.78 is 8.06. The van der Waals surface area contributed by atoms with Crippen molar-refractivity contribution in [2.75, 3.05) is 0 Å². The Morgan fingerprint density at radius 2 is 2.00 bits per heavy atom. The Hall–Kier alpha value is -2.67. The fourth-order valence-electron chi connectivity index (χ4n) is 2.17. The van der Waals surface area contributed by atoms with Crippen LogP contribution in [-0.2, 0) is 11.3 Å². The zero-order chi connectivity index (χ0) is 17.6. The van der Waals surface area contributed by atoms with Crippen molar-refractivity contribution in [1.29, 1.82) is 0 Å². The van der Waals surface area contributed by atoms with Crippen molar-refractivity contribution in [3.63, 3.8) is 0 Å². The predicted molar refractivity (Wildman–Crippen MR) is 97.4 cm³/mol. The van der Waals surface area contributed by atoms with Crippen molar-refractivity contribution in [2.24, 2.45) is 0 Å². The maximum atomic E-state index is 12.2. The lowest BCUT2D eigenvalue weighted by molar-refractivity contribution is -0.127. The van der Waals surface area contributed by atoms with E-state index >= 15 is 0 Å². The van der Waals surface area contributed by atoms with Crippen LogP contribution >= 0.6 is 15.9 Å². The summed E-state index contributed by atoms with van der Waals surface area (Å²) in [5, 5.41) is 7.18. The number of hydrogen-bond donors (Lipinski definition) is 1. The third kappa shape index (κ3) is 4.45. The molecule has 0 radical (unpaired) electrons. The normalized spacial score (nSPS) is 11.8.